The van der Waals surface area contributed by atoms with Gasteiger partial charge in [0.15, 0.2) is 0 Å². The van der Waals surface area contributed by atoms with E-state index >= 15 is 0 Å². The molecule has 0 saturated carbocycles. The van der Waals surface area contributed by atoms with E-state index < -0.39 is 23.1 Å². The molecule has 0 radical (unpaired) electrons. The molecule has 0 heterocycles. The van der Waals surface area contributed by atoms with Crippen molar-refractivity contribution in [2.45, 2.75) is 25.4 Å². The number of hydrogen-bond donors (Lipinski definition) is 1. The predicted octanol–water partition coefficient (Wildman–Crippen LogP) is 3.72. The zero-order valence-electron chi connectivity index (χ0n) is 9.10. The van der Waals surface area contributed by atoms with Gasteiger partial charge in [0.05, 0.1) is 11.0 Å². The summed E-state index contributed by atoms with van der Waals surface area (Å²) in [5.41, 5.74) is -2.44. The third kappa shape index (κ3) is 2.72. The number of aliphatic carboxylic acids is 1. The molecule has 0 saturated heterocycles. The standard InChI is InChI=1S/C11H10ClF3O2/c1-10(2,9(16)17)7-5-6(11(13,14)15)3-4-8(7)12/h3-5H,1-2H3,(H,16,17). The second-order valence-corrected chi connectivity index (χ2v) is 4.53. The molecule has 0 aromatic heterocycles. The van der Waals surface area contributed by atoms with Gasteiger partial charge >= 0.3 is 12.1 Å². The van der Waals surface area contributed by atoms with Gasteiger partial charge in [0.25, 0.3) is 0 Å². The first-order valence-corrected chi connectivity index (χ1v) is 5.05. The fourth-order valence-electron chi connectivity index (χ4n) is 1.30. The average molecular weight is 267 g/mol. The van der Waals surface area contributed by atoms with E-state index in [1.165, 1.54) is 13.8 Å². The van der Waals surface area contributed by atoms with Crippen molar-refractivity contribution < 1.29 is 23.1 Å². The molecule has 0 unspecified atom stereocenters. The largest absolute Gasteiger partial charge is 0.481 e. The van der Waals surface area contributed by atoms with Gasteiger partial charge in [0, 0.05) is 5.02 Å². The molecule has 1 rings (SSSR count). The van der Waals surface area contributed by atoms with Crippen molar-refractivity contribution in [1.82, 2.24) is 0 Å². The average Bonchev–Trinajstić information content (AvgIpc) is 2.15. The minimum atomic E-state index is -4.52. The molecule has 17 heavy (non-hydrogen) atoms. The van der Waals surface area contributed by atoms with Crippen LogP contribution in [0.25, 0.3) is 0 Å². The summed E-state index contributed by atoms with van der Waals surface area (Å²) in [6, 6.07) is 2.66. The summed E-state index contributed by atoms with van der Waals surface area (Å²) >= 11 is 5.74. The molecule has 0 aliphatic heterocycles. The molecular formula is C11H10ClF3O2. The van der Waals surface area contributed by atoms with Crippen molar-refractivity contribution in [2.75, 3.05) is 0 Å². The molecule has 1 N–H and O–H groups in total. The van der Waals surface area contributed by atoms with Crippen LogP contribution in [0.4, 0.5) is 13.2 Å². The van der Waals surface area contributed by atoms with Crippen LogP contribution in [0.1, 0.15) is 25.0 Å². The van der Waals surface area contributed by atoms with Crippen molar-refractivity contribution in [2.24, 2.45) is 0 Å². The first-order valence-electron chi connectivity index (χ1n) is 4.67. The van der Waals surface area contributed by atoms with E-state index in [0.29, 0.717) is 0 Å². The van der Waals surface area contributed by atoms with Gasteiger partial charge in [-0.15, -0.1) is 0 Å². The third-order valence-corrected chi connectivity index (χ3v) is 2.83. The Balaban J connectivity index is 3.39. The SMILES string of the molecule is CC(C)(C(=O)O)c1cc(C(F)(F)F)ccc1Cl. The number of benzene rings is 1. The van der Waals surface area contributed by atoms with E-state index in [2.05, 4.69) is 0 Å². The zero-order chi connectivity index (χ0) is 13.4. The summed E-state index contributed by atoms with van der Waals surface area (Å²) in [4.78, 5) is 11.0. The van der Waals surface area contributed by atoms with Crippen molar-refractivity contribution >= 4 is 17.6 Å². The second kappa shape index (κ2) is 4.22. The Bertz CT molecular complexity index is 453. The van der Waals surface area contributed by atoms with Crippen LogP contribution >= 0.6 is 11.6 Å². The number of alkyl halides is 3. The molecule has 1 aromatic carbocycles. The molecule has 0 atom stereocenters. The Morgan fingerprint density at radius 2 is 1.82 bits per heavy atom. The van der Waals surface area contributed by atoms with Crippen LogP contribution in [0.5, 0.6) is 0 Å². The summed E-state index contributed by atoms with van der Waals surface area (Å²) < 4.78 is 37.5. The van der Waals surface area contributed by atoms with Crippen LogP contribution in [-0.4, -0.2) is 11.1 Å². The maximum Gasteiger partial charge on any atom is 0.416 e. The molecule has 6 heteroatoms. The molecule has 2 nitrogen and oxygen atoms in total. The smallest absolute Gasteiger partial charge is 0.416 e. The van der Waals surface area contributed by atoms with E-state index in [1.54, 1.807) is 0 Å². The van der Waals surface area contributed by atoms with E-state index in [1.807, 2.05) is 0 Å². The molecule has 0 bridgehead atoms. The maximum absolute atomic E-state index is 12.5. The van der Waals surface area contributed by atoms with Crippen molar-refractivity contribution in [3.8, 4) is 0 Å². The van der Waals surface area contributed by atoms with Gasteiger partial charge in [-0.1, -0.05) is 11.6 Å². The number of hydrogen-bond acceptors (Lipinski definition) is 1. The zero-order valence-corrected chi connectivity index (χ0v) is 9.86. The Morgan fingerprint density at radius 1 is 1.29 bits per heavy atom. The summed E-state index contributed by atoms with van der Waals surface area (Å²) in [7, 11) is 0. The van der Waals surface area contributed by atoms with E-state index in [-0.39, 0.29) is 10.6 Å². The van der Waals surface area contributed by atoms with Gasteiger partial charge in [-0.25, -0.2) is 0 Å². The van der Waals surface area contributed by atoms with Crippen molar-refractivity contribution in [3.05, 3.63) is 34.3 Å². The van der Waals surface area contributed by atoms with Crippen LogP contribution in [0.2, 0.25) is 5.02 Å². The number of carboxylic acid groups (broad SMARTS) is 1. The lowest BCUT2D eigenvalue weighted by Crippen LogP contribution is -2.29. The van der Waals surface area contributed by atoms with Gasteiger partial charge in [-0.2, -0.15) is 13.2 Å². The number of carboxylic acids is 1. The van der Waals surface area contributed by atoms with Gasteiger partial charge in [-0.3, -0.25) is 4.79 Å². The maximum atomic E-state index is 12.5. The van der Waals surface area contributed by atoms with E-state index in [4.69, 9.17) is 16.7 Å². The third-order valence-electron chi connectivity index (χ3n) is 2.50. The molecule has 0 fully saturated rings. The first-order chi connectivity index (χ1) is 7.56. The summed E-state index contributed by atoms with van der Waals surface area (Å²) in [5.74, 6) is -1.24. The summed E-state index contributed by atoms with van der Waals surface area (Å²) in [6.45, 7) is 2.60. The van der Waals surface area contributed by atoms with Gasteiger partial charge in [0.1, 0.15) is 0 Å². The molecule has 94 valence electrons. The highest BCUT2D eigenvalue weighted by Crippen LogP contribution is 2.36. The molecule has 0 spiro atoms. The lowest BCUT2D eigenvalue weighted by molar-refractivity contribution is -0.143. The quantitative estimate of drug-likeness (QED) is 0.886. The normalized spacial score (nSPS) is 12.6. The highest BCUT2D eigenvalue weighted by atomic mass is 35.5. The number of halogens is 4. The minimum absolute atomic E-state index is 0.00500. The summed E-state index contributed by atoms with van der Waals surface area (Å²) in [5, 5.41) is 8.98. The van der Waals surface area contributed by atoms with E-state index in [0.717, 1.165) is 18.2 Å². The van der Waals surface area contributed by atoms with Gasteiger partial charge < -0.3 is 5.11 Å². The van der Waals surface area contributed by atoms with Crippen LogP contribution in [0.3, 0.4) is 0 Å². The van der Waals surface area contributed by atoms with Crippen LogP contribution < -0.4 is 0 Å². The lowest BCUT2D eigenvalue weighted by atomic mass is 9.84. The molecule has 0 aliphatic rings. The van der Waals surface area contributed by atoms with Crippen LogP contribution in [0.15, 0.2) is 18.2 Å². The highest BCUT2D eigenvalue weighted by Gasteiger charge is 2.36. The lowest BCUT2D eigenvalue weighted by Gasteiger charge is -2.22. The Hall–Kier alpha value is -1.23. The summed E-state index contributed by atoms with van der Waals surface area (Å²) in [6.07, 6.45) is -4.52. The Labute approximate surface area is 101 Å². The topological polar surface area (TPSA) is 37.3 Å². The Morgan fingerprint density at radius 3 is 2.24 bits per heavy atom. The van der Waals surface area contributed by atoms with Crippen molar-refractivity contribution in [3.63, 3.8) is 0 Å². The molecule has 0 aliphatic carbocycles. The van der Waals surface area contributed by atoms with Gasteiger partial charge in [0.2, 0.25) is 0 Å². The number of rotatable bonds is 2. The predicted molar refractivity (Wildman–Crippen MR) is 57.1 cm³/mol. The highest BCUT2D eigenvalue weighted by molar-refractivity contribution is 6.31. The number of carbonyl (C=O) groups is 1. The monoisotopic (exact) mass is 266 g/mol. The van der Waals surface area contributed by atoms with Crippen molar-refractivity contribution in [1.29, 1.82) is 0 Å². The molecule has 0 amide bonds. The Kier molecular flexibility index (Phi) is 3.43. The van der Waals surface area contributed by atoms with Gasteiger partial charge in [-0.05, 0) is 37.6 Å². The fourth-order valence-corrected chi connectivity index (χ4v) is 1.65. The van der Waals surface area contributed by atoms with E-state index in [9.17, 15) is 18.0 Å². The van der Waals surface area contributed by atoms with Crippen LogP contribution in [0, 0.1) is 0 Å². The second-order valence-electron chi connectivity index (χ2n) is 4.12. The molecular weight excluding hydrogens is 257 g/mol. The fraction of sp³-hybridized carbons (Fsp3) is 0.364. The van der Waals surface area contributed by atoms with Crippen LogP contribution in [-0.2, 0) is 16.4 Å². The first kappa shape index (κ1) is 13.8. The minimum Gasteiger partial charge on any atom is -0.481 e. The molecule has 1 aromatic rings.